The van der Waals surface area contributed by atoms with Crippen LogP contribution in [0.2, 0.25) is 0 Å². The van der Waals surface area contributed by atoms with Gasteiger partial charge in [0.15, 0.2) is 0 Å². The second-order valence-corrected chi connectivity index (χ2v) is 12.8. The first-order valence-corrected chi connectivity index (χ1v) is 15.3. The van der Waals surface area contributed by atoms with Crippen LogP contribution in [0, 0.1) is 0 Å². The maximum Gasteiger partial charge on any atom is 0.421 e. The molecule has 1 heterocycles. The Kier molecular flexibility index (Phi) is 14.1. The van der Waals surface area contributed by atoms with Crippen LogP contribution in [0.4, 0.5) is 17.3 Å². The lowest BCUT2D eigenvalue weighted by atomic mass is 10.2. The molecule has 2 N–H and O–H groups in total. The average Bonchev–Trinajstić information content (AvgIpc) is 3.31. The lowest BCUT2D eigenvalue weighted by molar-refractivity contribution is -0.870. The SMILES string of the molecule is CCN(CC)c1ccc(N=Nc2n(CCC(=O)NCCC[N+](C)(C)C)cc[n+]2CCC(=O)NCCC[N+](C)(C)C)cc1. The first-order chi connectivity index (χ1) is 19.8. The van der Waals surface area contributed by atoms with E-state index in [1.807, 2.05) is 33.7 Å². The molecule has 0 atom stereocenters. The van der Waals surface area contributed by atoms with Gasteiger partial charge in [0.2, 0.25) is 11.8 Å². The van der Waals surface area contributed by atoms with Crippen molar-refractivity contribution >= 4 is 29.1 Å². The van der Waals surface area contributed by atoms with Crippen LogP contribution < -0.4 is 20.1 Å². The number of aromatic nitrogens is 2. The number of benzene rings is 1. The Morgan fingerprint density at radius 2 is 1.38 bits per heavy atom. The minimum atomic E-state index is 0.0137. The van der Waals surface area contributed by atoms with Gasteiger partial charge < -0.3 is 24.5 Å². The van der Waals surface area contributed by atoms with E-state index in [0.29, 0.717) is 45.0 Å². The van der Waals surface area contributed by atoms with Crippen molar-refractivity contribution in [3.8, 4) is 0 Å². The van der Waals surface area contributed by atoms with Gasteiger partial charge in [0.1, 0.15) is 5.69 Å². The van der Waals surface area contributed by atoms with Crippen LogP contribution >= 0.6 is 0 Å². The average molecular weight is 587 g/mol. The van der Waals surface area contributed by atoms with Crippen molar-refractivity contribution in [3.05, 3.63) is 36.7 Å². The summed E-state index contributed by atoms with van der Waals surface area (Å²) in [6, 6.07) is 8.03. The Labute approximate surface area is 253 Å². The van der Waals surface area contributed by atoms with Gasteiger partial charge in [-0.25, -0.2) is 9.13 Å². The van der Waals surface area contributed by atoms with E-state index in [1.54, 1.807) is 0 Å². The highest BCUT2D eigenvalue weighted by Gasteiger charge is 2.19. The van der Waals surface area contributed by atoms with Crippen LogP contribution in [0.25, 0.3) is 0 Å². The summed E-state index contributed by atoms with van der Waals surface area (Å²) < 4.78 is 5.61. The van der Waals surface area contributed by atoms with E-state index in [9.17, 15) is 9.59 Å². The fourth-order valence-corrected chi connectivity index (χ4v) is 4.53. The number of carbonyl (C=O) groups excluding carboxylic acids is 2. The van der Waals surface area contributed by atoms with Crippen molar-refractivity contribution in [2.45, 2.75) is 52.6 Å². The summed E-state index contributed by atoms with van der Waals surface area (Å²) in [5.74, 6) is 0.637. The van der Waals surface area contributed by atoms with Gasteiger partial charge in [-0.2, -0.15) is 0 Å². The molecule has 0 bridgehead atoms. The number of azo groups is 1. The summed E-state index contributed by atoms with van der Waals surface area (Å²) in [6.07, 6.45) is 6.36. The molecule has 0 spiro atoms. The summed E-state index contributed by atoms with van der Waals surface area (Å²) in [5, 5.41) is 15.1. The van der Waals surface area contributed by atoms with E-state index in [-0.39, 0.29) is 11.8 Å². The summed E-state index contributed by atoms with van der Waals surface area (Å²) in [5.41, 5.74) is 1.90. The van der Waals surface area contributed by atoms with Crippen LogP contribution in [0.5, 0.6) is 0 Å². The molecule has 2 amide bonds. The molecule has 0 aliphatic rings. The van der Waals surface area contributed by atoms with Crippen molar-refractivity contribution in [2.24, 2.45) is 10.2 Å². The fourth-order valence-electron chi connectivity index (χ4n) is 4.53. The number of quaternary nitrogens is 2. The van der Waals surface area contributed by atoms with Gasteiger partial charge in [0, 0.05) is 49.8 Å². The topological polar surface area (TPSA) is 95.0 Å². The number of hydrogen-bond donors (Lipinski definition) is 2. The summed E-state index contributed by atoms with van der Waals surface area (Å²) >= 11 is 0. The molecule has 42 heavy (non-hydrogen) atoms. The second-order valence-electron chi connectivity index (χ2n) is 12.8. The molecule has 0 aliphatic carbocycles. The zero-order valence-corrected chi connectivity index (χ0v) is 27.4. The first-order valence-electron chi connectivity index (χ1n) is 15.3. The van der Waals surface area contributed by atoms with E-state index >= 15 is 0 Å². The molecule has 0 saturated carbocycles. The Hall–Kier alpha value is -3.31. The molecule has 0 fully saturated rings. The molecule has 11 heteroatoms. The van der Waals surface area contributed by atoms with E-state index in [1.165, 1.54) is 0 Å². The highest BCUT2D eigenvalue weighted by atomic mass is 16.2. The number of hydrogen-bond acceptors (Lipinski definition) is 5. The van der Waals surface area contributed by atoms with Gasteiger partial charge in [-0.1, -0.05) is 5.11 Å². The molecule has 0 radical (unpaired) electrons. The minimum absolute atomic E-state index is 0.0137. The normalized spacial score (nSPS) is 12.1. The van der Waals surface area contributed by atoms with Gasteiger partial charge in [-0.3, -0.25) is 9.59 Å². The predicted octanol–water partition coefficient (Wildman–Crippen LogP) is 3.24. The molecular formula is C31H56N9O2+3. The third-order valence-electron chi connectivity index (χ3n) is 6.99. The Bertz CT molecular complexity index is 1070. The molecule has 234 valence electrons. The smallest absolute Gasteiger partial charge is 0.372 e. The highest BCUT2D eigenvalue weighted by molar-refractivity contribution is 5.76. The minimum Gasteiger partial charge on any atom is -0.372 e. The number of rotatable bonds is 19. The quantitative estimate of drug-likeness (QED) is 0.115. The van der Waals surface area contributed by atoms with Crippen LogP contribution in [0.3, 0.4) is 0 Å². The lowest BCUT2D eigenvalue weighted by Gasteiger charge is -2.23. The molecule has 0 unspecified atom stereocenters. The molecule has 2 rings (SSSR count). The van der Waals surface area contributed by atoms with Crippen LogP contribution in [0.1, 0.15) is 39.5 Å². The van der Waals surface area contributed by atoms with Crippen molar-refractivity contribution in [2.75, 3.05) is 86.5 Å². The monoisotopic (exact) mass is 586 g/mol. The van der Waals surface area contributed by atoms with Gasteiger partial charge in [0.25, 0.3) is 0 Å². The van der Waals surface area contributed by atoms with Crippen molar-refractivity contribution in [3.63, 3.8) is 0 Å². The maximum atomic E-state index is 12.5. The van der Waals surface area contributed by atoms with Crippen LogP contribution in [-0.2, 0) is 22.7 Å². The Balaban J connectivity index is 2.07. The van der Waals surface area contributed by atoms with Crippen LogP contribution in [-0.4, -0.2) is 107 Å². The molecule has 1 aromatic carbocycles. The Morgan fingerprint density at radius 3 is 1.90 bits per heavy atom. The van der Waals surface area contributed by atoms with Crippen molar-refractivity contribution in [1.29, 1.82) is 0 Å². The third-order valence-corrected chi connectivity index (χ3v) is 6.99. The zero-order chi connectivity index (χ0) is 31.2. The molecule has 0 saturated heterocycles. The van der Waals surface area contributed by atoms with Crippen molar-refractivity contribution in [1.82, 2.24) is 15.2 Å². The molecule has 2 aromatic rings. The Morgan fingerprint density at radius 1 is 0.833 bits per heavy atom. The molecular weight excluding hydrogens is 530 g/mol. The van der Waals surface area contributed by atoms with Gasteiger partial charge >= 0.3 is 5.95 Å². The molecule has 0 aliphatic heterocycles. The number of anilines is 1. The van der Waals surface area contributed by atoms with Gasteiger partial charge in [0.05, 0.1) is 93.7 Å². The number of amides is 2. The predicted molar refractivity (Wildman–Crippen MR) is 169 cm³/mol. The molecule has 1 aromatic heterocycles. The summed E-state index contributed by atoms with van der Waals surface area (Å²) in [4.78, 5) is 27.3. The third kappa shape index (κ3) is 13.6. The van der Waals surface area contributed by atoms with Crippen molar-refractivity contribution < 1.29 is 23.1 Å². The highest BCUT2D eigenvalue weighted by Crippen LogP contribution is 2.21. The number of imidazole rings is 1. The summed E-state index contributed by atoms with van der Waals surface area (Å²) in [6.45, 7) is 10.4. The molecule has 11 nitrogen and oxygen atoms in total. The van der Waals surface area contributed by atoms with E-state index in [2.05, 4.69) is 94.0 Å². The number of nitrogens with one attached hydrogen (secondary N) is 2. The maximum absolute atomic E-state index is 12.5. The standard InChI is InChI=1S/C31H54N9O2/c1-9-36(10-2)28-15-13-27(14-16-28)34-35-31-37(21-17-29(41)32-19-11-25-39(3,4)5)23-24-38(31)22-18-30(42)33-20-12-26-40(6,7)8/h13-16,23-24H,9-12,17-22,25-26H2,1-8H3/q+1/p+2. The fraction of sp³-hybridized carbons (Fsp3) is 0.645. The summed E-state index contributed by atoms with van der Waals surface area (Å²) in [7, 11) is 12.9. The largest absolute Gasteiger partial charge is 0.421 e. The second kappa shape index (κ2) is 17.0. The van der Waals surface area contributed by atoms with E-state index in [4.69, 9.17) is 0 Å². The van der Waals surface area contributed by atoms with E-state index < -0.39 is 0 Å². The number of nitrogens with zero attached hydrogens (tertiary/aromatic N) is 7. The van der Waals surface area contributed by atoms with E-state index in [0.717, 1.165) is 59.4 Å². The number of carbonyl (C=O) groups is 2. The lowest BCUT2D eigenvalue weighted by Crippen LogP contribution is -2.39. The van der Waals surface area contributed by atoms with Gasteiger partial charge in [-0.15, -0.1) is 0 Å². The van der Waals surface area contributed by atoms with Crippen LogP contribution in [0.15, 0.2) is 46.9 Å². The zero-order valence-electron chi connectivity index (χ0n) is 27.4. The first kappa shape index (κ1) is 34.9. The van der Waals surface area contributed by atoms with Gasteiger partial charge in [-0.05, 0) is 38.1 Å². The number of aryl methyl sites for hydroxylation is 2.